The molecular weight excluding hydrogens is 507 g/mol. The number of aliphatic imine (C=N–C) groups is 1. The number of rotatable bonds is 5. The molecule has 8 heteroatoms. The van der Waals surface area contributed by atoms with E-state index in [-0.39, 0.29) is 36.2 Å². The highest BCUT2D eigenvalue weighted by molar-refractivity contribution is 14.0. The number of likely N-dealkylation sites (tertiary alicyclic amines) is 1. The minimum atomic E-state index is -0.242. The Balaban J connectivity index is 0.00000341. The number of carbonyl (C=O) groups is 1. The Hall–Kier alpha value is -1.55. The fourth-order valence-electron chi connectivity index (χ4n) is 4.21. The number of amides is 1. The van der Waals surface area contributed by atoms with Crippen LogP contribution < -0.4 is 10.6 Å². The van der Waals surface area contributed by atoms with Crippen LogP contribution in [0.5, 0.6) is 0 Å². The summed E-state index contributed by atoms with van der Waals surface area (Å²) in [6.45, 7) is 7.96. The number of methoxy groups -OCH3 is 1. The molecule has 0 radical (unpaired) electrons. The molecule has 31 heavy (non-hydrogen) atoms. The van der Waals surface area contributed by atoms with Gasteiger partial charge in [0.2, 0.25) is 0 Å². The molecule has 3 rings (SSSR count). The van der Waals surface area contributed by atoms with Crippen molar-refractivity contribution in [1.82, 2.24) is 15.5 Å². The highest BCUT2D eigenvalue weighted by Crippen LogP contribution is 2.34. The summed E-state index contributed by atoms with van der Waals surface area (Å²) in [6, 6.07) is 8.97. The van der Waals surface area contributed by atoms with Crippen molar-refractivity contribution in [2.75, 3.05) is 39.9 Å². The first-order valence-corrected chi connectivity index (χ1v) is 11.2. The normalized spacial score (nSPS) is 22.4. The summed E-state index contributed by atoms with van der Waals surface area (Å²) < 4.78 is 11.0. The number of carbonyl (C=O) groups excluding carboxylic acids is 1. The van der Waals surface area contributed by atoms with E-state index < -0.39 is 0 Å². The van der Waals surface area contributed by atoms with Gasteiger partial charge in [-0.05, 0) is 45.1 Å². The quantitative estimate of drug-likeness (QED) is 0.335. The van der Waals surface area contributed by atoms with Gasteiger partial charge in [0.1, 0.15) is 0 Å². The second-order valence-electron chi connectivity index (χ2n) is 8.20. The summed E-state index contributed by atoms with van der Waals surface area (Å²) in [5.41, 5.74) is 2.51. The molecule has 2 aliphatic rings. The number of piperidine rings is 1. The Morgan fingerprint density at radius 2 is 1.94 bits per heavy atom. The number of hydrogen-bond donors (Lipinski definition) is 2. The molecule has 1 aromatic carbocycles. The van der Waals surface area contributed by atoms with Crippen LogP contribution in [0.25, 0.3) is 0 Å². The van der Waals surface area contributed by atoms with Crippen LogP contribution in [0.4, 0.5) is 4.79 Å². The van der Waals surface area contributed by atoms with Crippen LogP contribution >= 0.6 is 24.0 Å². The van der Waals surface area contributed by atoms with E-state index in [9.17, 15) is 4.79 Å². The van der Waals surface area contributed by atoms with E-state index in [2.05, 4.69) is 48.7 Å². The van der Waals surface area contributed by atoms with Crippen molar-refractivity contribution in [3.05, 3.63) is 35.4 Å². The fourth-order valence-corrected chi connectivity index (χ4v) is 4.21. The molecular formula is C23H37IN4O3. The number of nitrogens with one attached hydrogen (secondary N) is 2. The van der Waals surface area contributed by atoms with E-state index in [1.54, 1.807) is 4.90 Å². The van der Waals surface area contributed by atoms with Crippen LogP contribution in [-0.4, -0.2) is 62.9 Å². The van der Waals surface area contributed by atoms with Gasteiger partial charge in [0, 0.05) is 44.7 Å². The molecule has 0 aromatic heterocycles. The van der Waals surface area contributed by atoms with Crippen LogP contribution in [0.15, 0.2) is 29.3 Å². The van der Waals surface area contributed by atoms with Crippen molar-refractivity contribution in [2.45, 2.75) is 51.7 Å². The van der Waals surface area contributed by atoms with Crippen LogP contribution in [0.2, 0.25) is 0 Å². The molecule has 2 unspecified atom stereocenters. The molecule has 1 aromatic rings. The van der Waals surface area contributed by atoms with Gasteiger partial charge in [-0.1, -0.05) is 29.8 Å². The SMILES string of the molecule is CCNC(=NCC1CCCOC1c1ccc(C)cc1)NC1CCN(C(=O)OC)CC1.I. The molecule has 1 amide bonds. The van der Waals surface area contributed by atoms with Crippen molar-refractivity contribution >= 4 is 36.0 Å². The van der Waals surface area contributed by atoms with Gasteiger partial charge < -0.3 is 25.0 Å². The zero-order valence-corrected chi connectivity index (χ0v) is 21.3. The highest BCUT2D eigenvalue weighted by Gasteiger charge is 2.28. The van der Waals surface area contributed by atoms with Gasteiger partial charge in [-0.3, -0.25) is 4.99 Å². The predicted octanol–water partition coefficient (Wildman–Crippen LogP) is 3.87. The number of ether oxygens (including phenoxy) is 2. The van der Waals surface area contributed by atoms with Gasteiger partial charge in [-0.15, -0.1) is 24.0 Å². The van der Waals surface area contributed by atoms with Crippen LogP contribution in [0, 0.1) is 12.8 Å². The monoisotopic (exact) mass is 544 g/mol. The standard InChI is InChI=1S/C23H36N4O3.HI/c1-4-24-22(26-20-11-13-27(14-12-20)23(28)29-3)25-16-19-6-5-15-30-21(19)18-9-7-17(2)8-10-18;/h7-10,19-21H,4-6,11-16H2,1-3H3,(H2,24,25,26);1H. The van der Waals surface area contributed by atoms with Crippen molar-refractivity contribution < 1.29 is 14.3 Å². The van der Waals surface area contributed by atoms with E-state index >= 15 is 0 Å². The zero-order valence-electron chi connectivity index (χ0n) is 18.9. The van der Waals surface area contributed by atoms with Crippen molar-refractivity contribution in [3.63, 3.8) is 0 Å². The summed E-state index contributed by atoms with van der Waals surface area (Å²) in [4.78, 5) is 18.3. The number of hydrogen-bond acceptors (Lipinski definition) is 4. The Morgan fingerprint density at radius 3 is 2.58 bits per heavy atom. The fraction of sp³-hybridized carbons (Fsp3) is 0.652. The lowest BCUT2D eigenvalue weighted by atomic mass is 9.89. The van der Waals surface area contributed by atoms with Crippen LogP contribution in [0.1, 0.15) is 49.8 Å². The Labute approximate surface area is 203 Å². The van der Waals surface area contributed by atoms with Crippen molar-refractivity contribution in [3.8, 4) is 0 Å². The van der Waals surface area contributed by atoms with Crippen LogP contribution in [-0.2, 0) is 9.47 Å². The van der Waals surface area contributed by atoms with Gasteiger partial charge >= 0.3 is 6.09 Å². The first kappa shape index (κ1) is 25.7. The molecule has 2 fully saturated rings. The Morgan fingerprint density at radius 1 is 1.23 bits per heavy atom. The molecule has 0 saturated carbocycles. The van der Waals surface area contributed by atoms with Crippen LogP contribution in [0.3, 0.4) is 0 Å². The minimum absolute atomic E-state index is 0. The second-order valence-corrected chi connectivity index (χ2v) is 8.20. The molecule has 0 aliphatic carbocycles. The third-order valence-corrected chi connectivity index (χ3v) is 5.95. The molecule has 0 spiro atoms. The van der Waals surface area contributed by atoms with Gasteiger partial charge in [-0.2, -0.15) is 0 Å². The molecule has 174 valence electrons. The van der Waals surface area contributed by atoms with Gasteiger partial charge in [0.05, 0.1) is 13.2 Å². The summed E-state index contributed by atoms with van der Waals surface area (Å²) in [7, 11) is 1.43. The first-order chi connectivity index (χ1) is 14.6. The number of benzene rings is 1. The lowest BCUT2D eigenvalue weighted by Crippen LogP contribution is -2.50. The van der Waals surface area contributed by atoms with Gasteiger partial charge in [-0.25, -0.2) is 4.79 Å². The van der Waals surface area contributed by atoms with Crippen molar-refractivity contribution in [2.24, 2.45) is 10.9 Å². The van der Waals surface area contributed by atoms with Crippen molar-refractivity contribution in [1.29, 1.82) is 0 Å². The lowest BCUT2D eigenvalue weighted by molar-refractivity contribution is -0.0250. The molecule has 2 atom stereocenters. The number of nitrogens with zero attached hydrogens (tertiary/aromatic N) is 2. The maximum Gasteiger partial charge on any atom is 0.409 e. The summed E-state index contributed by atoms with van der Waals surface area (Å²) in [5.74, 6) is 1.22. The van der Waals surface area contributed by atoms with E-state index in [4.69, 9.17) is 14.5 Å². The number of aryl methyl sites for hydroxylation is 1. The molecule has 2 saturated heterocycles. The Bertz CT molecular complexity index is 705. The van der Waals surface area contributed by atoms with E-state index in [1.807, 2.05) is 0 Å². The smallest absolute Gasteiger partial charge is 0.409 e. The molecule has 7 nitrogen and oxygen atoms in total. The summed E-state index contributed by atoms with van der Waals surface area (Å²) in [6.07, 6.45) is 3.84. The number of guanidine groups is 1. The second kappa shape index (κ2) is 13.1. The topological polar surface area (TPSA) is 75.2 Å². The predicted molar refractivity (Wildman–Crippen MR) is 134 cm³/mol. The van der Waals surface area contributed by atoms with E-state index in [0.717, 1.165) is 51.3 Å². The minimum Gasteiger partial charge on any atom is -0.453 e. The highest BCUT2D eigenvalue weighted by atomic mass is 127. The summed E-state index contributed by atoms with van der Waals surface area (Å²) >= 11 is 0. The molecule has 2 heterocycles. The van der Waals surface area contributed by atoms with E-state index in [1.165, 1.54) is 18.2 Å². The maximum absolute atomic E-state index is 11.7. The zero-order chi connectivity index (χ0) is 21.3. The average molecular weight is 544 g/mol. The first-order valence-electron chi connectivity index (χ1n) is 11.2. The van der Waals surface area contributed by atoms with Gasteiger partial charge in [0.25, 0.3) is 0 Å². The third kappa shape index (κ3) is 7.52. The largest absolute Gasteiger partial charge is 0.453 e. The molecule has 2 aliphatic heterocycles. The lowest BCUT2D eigenvalue weighted by Gasteiger charge is -2.33. The Kier molecular flexibility index (Phi) is 10.9. The summed E-state index contributed by atoms with van der Waals surface area (Å²) in [5, 5.41) is 6.92. The number of halogens is 1. The average Bonchev–Trinajstić information content (AvgIpc) is 2.78. The maximum atomic E-state index is 11.7. The third-order valence-electron chi connectivity index (χ3n) is 5.95. The van der Waals surface area contributed by atoms with E-state index in [0.29, 0.717) is 25.0 Å². The molecule has 0 bridgehead atoms. The van der Waals surface area contributed by atoms with Gasteiger partial charge in [0.15, 0.2) is 5.96 Å². The molecule has 2 N–H and O–H groups in total.